The van der Waals surface area contributed by atoms with Crippen molar-refractivity contribution >= 4 is 27.3 Å². The van der Waals surface area contributed by atoms with Crippen molar-refractivity contribution in [3.8, 4) is 0 Å². The van der Waals surface area contributed by atoms with E-state index in [-0.39, 0.29) is 6.04 Å². The van der Waals surface area contributed by atoms with Crippen LogP contribution < -0.4 is 9.62 Å². The minimum absolute atomic E-state index is 0.0370. The largest absolute Gasteiger partial charge is 0.369 e. The van der Waals surface area contributed by atoms with Crippen LogP contribution in [0.1, 0.15) is 12.8 Å². The van der Waals surface area contributed by atoms with Crippen LogP contribution in [0.2, 0.25) is 5.02 Å². The van der Waals surface area contributed by atoms with Gasteiger partial charge in [-0.2, -0.15) is 0 Å². The fourth-order valence-corrected chi connectivity index (χ4v) is 3.36. The lowest BCUT2D eigenvalue weighted by Crippen LogP contribution is -2.47. The summed E-state index contributed by atoms with van der Waals surface area (Å²) in [5.41, 5.74) is 0.971. The van der Waals surface area contributed by atoms with Crippen LogP contribution in [0.4, 0.5) is 5.69 Å². The second-order valence-electron chi connectivity index (χ2n) is 4.63. The summed E-state index contributed by atoms with van der Waals surface area (Å²) in [6.07, 6.45) is 3.02. The Hall–Kier alpha value is -0.780. The number of anilines is 1. The summed E-state index contributed by atoms with van der Waals surface area (Å²) in [6.45, 7) is 1.57. The van der Waals surface area contributed by atoms with Gasteiger partial charge in [0.2, 0.25) is 10.0 Å². The van der Waals surface area contributed by atoms with E-state index in [0.29, 0.717) is 11.6 Å². The summed E-state index contributed by atoms with van der Waals surface area (Å²) < 4.78 is 25.2. The van der Waals surface area contributed by atoms with Gasteiger partial charge in [0.15, 0.2) is 0 Å². The molecular formula is C12H17ClN2O2S. The zero-order valence-electron chi connectivity index (χ0n) is 10.3. The number of para-hydroxylation sites is 1. The average molecular weight is 289 g/mol. The van der Waals surface area contributed by atoms with Gasteiger partial charge in [-0.3, -0.25) is 0 Å². The van der Waals surface area contributed by atoms with Crippen LogP contribution in [0.25, 0.3) is 0 Å². The minimum Gasteiger partial charge on any atom is -0.369 e. The van der Waals surface area contributed by atoms with Gasteiger partial charge in [-0.15, -0.1) is 0 Å². The lowest BCUT2D eigenvalue weighted by atomic mass is 10.1. The van der Waals surface area contributed by atoms with E-state index in [1.54, 1.807) is 0 Å². The highest BCUT2D eigenvalue weighted by Crippen LogP contribution is 2.27. The van der Waals surface area contributed by atoms with Gasteiger partial charge in [0.05, 0.1) is 17.0 Å². The Morgan fingerprint density at radius 2 is 2.11 bits per heavy atom. The summed E-state index contributed by atoms with van der Waals surface area (Å²) in [6, 6.07) is 7.61. The van der Waals surface area contributed by atoms with Gasteiger partial charge in [0, 0.05) is 19.1 Å². The Balaban J connectivity index is 2.10. The monoisotopic (exact) mass is 288 g/mol. The molecule has 0 spiro atoms. The van der Waals surface area contributed by atoms with Crippen molar-refractivity contribution in [1.29, 1.82) is 0 Å². The van der Waals surface area contributed by atoms with E-state index in [0.717, 1.165) is 25.1 Å². The molecule has 6 heteroatoms. The van der Waals surface area contributed by atoms with Crippen molar-refractivity contribution in [3.63, 3.8) is 0 Å². The van der Waals surface area contributed by atoms with Crippen LogP contribution in [-0.2, 0) is 10.0 Å². The predicted molar refractivity (Wildman–Crippen MR) is 74.7 cm³/mol. The topological polar surface area (TPSA) is 49.4 Å². The number of sulfonamides is 1. The second kappa shape index (κ2) is 5.47. The fourth-order valence-electron chi connectivity index (χ4n) is 2.30. The van der Waals surface area contributed by atoms with Crippen molar-refractivity contribution in [1.82, 2.24) is 4.72 Å². The van der Waals surface area contributed by atoms with Gasteiger partial charge in [-0.25, -0.2) is 13.1 Å². The molecular weight excluding hydrogens is 272 g/mol. The molecule has 0 bridgehead atoms. The molecule has 4 nitrogen and oxygen atoms in total. The lowest BCUT2D eigenvalue weighted by Gasteiger charge is -2.34. The SMILES string of the molecule is CS(=O)(=O)NC1CCCN(c2ccccc2Cl)C1. The first-order chi connectivity index (χ1) is 8.46. The van der Waals surface area contributed by atoms with Crippen LogP contribution >= 0.6 is 11.6 Å². The summed E-state index contributed by atoms with van der Waals surface area (Å²) in [5.74, 6) is 0. The Kier molecular flexibility index (Phi) is 4.14. The molecule has 2 rings (SSSR count). The quantitative estimate of drug-likeness (QED) is 0.924. The van der Waals surface area contributed by atoms with Gasteiger partial charge in [-0.1, -0.05) is 23.7 Å². The molecule has 0 saturated carbocycles. The van der Waals surface area contributed by atoms with Crippen LogP contribution in [-0.4, -0.2) is 33.8 Å². The van der Waals surface area contributed by atoms with Crippen LogP contribution in [0.5, 0.6) is 0 Å². The molecule has 100 valence electrons. The molecule has 1 saturated heterocycles. The molecule has 1 unspecified atom stereocenters. The molecule has 1 aliphatic heterocycles. The highest BCUT2D eigenvalue weighted by Gasteiger charge is 2.23. The third kappa shape index (κ3) is 3.60. The summed E-state index contributed by atoms with van der Waals surface area (Å²) in [5, 5.41) is 0.706. The smallest absolute Gasteiger partial charge is 0.209 e. The van der Waals surface area contributed by atoms with Gasteiger partial charge in [-0.05, 0) is 25.0 Å². The predicted octanol–water partition coefficient (Wildman–Crippen LogP) is 1.86. The van der Waals surface area contributed by atoms with E-state index < -0.39 is 10.0 Å². The van der Waals surface area contributed by atoms with Gasteiger partial charge >= 0.3 is 0 Å². The standard InChI is InChI=1S/C12H17ClN2O2S/c1-18(16,17)14-10-5-4-8-15(9-10)12-7-3-2-6-11(12)13/h2-3,6-7,10,14H,4-5,8-9H2,1H3. The van der Waals surface area contributed by atoms with Gasteiger partial charge in [0.25, 0.3) is 0 Å². The summed E-state index contributed by atoms with van der Waals surface area (Å²) >= 11 is 6.16. The molecule has 1 heterocycles. The number of nitrogens with zero attached hydrogens (tertiary/aromatic N) is 1. The summed E-state index contributed by atoms with van der Waals surface area (Å²) in [4.78, 5) is 2.13. The first-order valence-electron chi connectivity index (χ1n) is 5.92. The third-order valence-electron chi connectivity index (χ3n) is 3.00. The highest BCUT2D eigenvalue weighted by molar-refractivity contribution is 7.88. The van der Waals surface area contributed by atoms with Crippen molar-refractivity contribution in [2.75, 3.05) is 24.2 Å². The average Bonchev–Trinajstić information content (AvgIpc) is 2.27. The molecule has 1 N–H and O–H groups in total. The van der Waals surface area contributed by atoms with Crippen molar-refractivity contribution in [3.05, 3.63) is 29.3 Å². The zero-order chi connectivity index (χ0) is 13.2. The molecule has 1 aromatic carbocycles. The Labute approximate surface area is 113 Å². The first kappa shape index (κ1) is 13.6. The Morgan fingerprint density at radius 3 is 2.78 bits per heavy atom. The van der Waals surface area contributed by atoms with Crippen molar-refractivity contribution in [2.24, 2.45) is 0 Å². The van der Waals surface area contributed by atoms with Crippen molar-refractivity contribution in [2.45, 2.75) is 18.9 Å². The number of nitrogens with one attached hydrogen (secondary N) is 1. The molecule has 1 aromatic rings. The maximum atomic E-state index is 11.3. The Bertz CT molecular complexity index is 519. The van der Waals surface area contributed by atoms with Gasteiger partial charge < -0.3 is 4.90 Å². The normalized spacial score (nSPS) is 21.0. The lowest BCUT2D eigenvalue weighted by molar-refractivity contribution is 0.468. The van der Waals surface area contributed by atoms with E-state index in [2.05, 4.69) is 9.62 Å². The highest BCUT2D eigenvalue weighted by atomic mass is 35.5. The minimum atomic E-state index is -3.15. The molecule has 0 aliphatic carbocycles. The number of hydrogen-bond donors (Lipinski definition) is 1. The van der Waals surface area contributed by atoms with E-state index in [1.807, 2.05) is 24.3 Å². The van der Waals surface area contributed by atoms with E-state index in [4.69, 9.17) is 11.6 Å². The number of rotatable bonds is 3. The van der Waals surface area contributed by atoms with Crippen molar-refractivity contribution < 1.29 is 8.42 Å². The number of piperidine rings is 1. The Morgan fingerprint density at radius 1 is 1.39 bits per heavy atom. The van der Waals surface area contributed by atoms with E-state index in [1.165, 1.54) is 6.26 Å². The van der Waals surface area contributed by atoms with Crippen LogP contribution in [0.3, 0.4) is 0 Å². The van der Waals surface area contributed by atoms with Crippen LogP contribution in [0, 0.1) is 0 Å². The molecule has 18 heavy (non-hydrogen) atoms. The fraction of sp³-hybridized carbons (Fsp3) is 0.500. The second-order valence-corrected chi connectivity index (χ2v) is 6.81. The molecule has 1 aliphatic rings. The number of hydrogen-bond acceptors (Lipinski definition) is 3. The van der Waals surface area contributed by atoms with Crippen LogP contribution in [0.15, 0.2) is 24.3 Å². The zero-order valence-corrected chi connectivity index (χ0v) is 11.8. The molecule has 0 radical (unpaired) electrons. The molecule has 1 atom stereocenters. The summed E-state index contributed by atoms with van der Waals surface area (Å²) in [7, 11) is -3.15. The molecule has 0 aromatic heterocycles. The van der Waals surface area contributed by atoms with E-state index in [9.17, 15) is 8.42 Å². The molecule has 1 fully saturated rings. The maximum absolute atomic E-state index is 11.3. The first-order valence-corrected chi connectivity index (χ1v) is 8.19. The third-order valence-corrected chi connectivity index (χ3v) is 4.08. The molecule has 0 amide bonds. The maximum Gasteiger partial charge on any atom is 0.209 e. The number of benzene rings is 1. The van der Waals surface area contributed by atoms with E-state index >= 15 is 0 Å². The van der Waals surface area contributed by atoms with Gasteiger partial charge in [0.1, 0.15) is 0 Å². The number of halogens is 1.